The molecule has 0 amide bonds. The van der Waals surface area contributed by atoms with E-state index in [0.29, 0.717) is 50.2 Å². The van der Waals surface area contributed by atoms with Gasteiger partial charge < -0.3 is 25.7 Å². The Morgan fingerprint density at radius 3 is 2.26 bits per heavy atom. The molecule has 0 aliphatic carbocycles. The number of ether oxygens (including phenoxy) is 3. The van der Waals surface area contributed by atoms with Crippen molar-refractivity contribution in [2.24, 2.45) is 0 Å². The normalized spacial score (nSPS) is 12.1. The predicted octanol–water partition coefficient (Wildman–Crippen LogP) is 2.62. The lowest BCUT2D eigenvalue weighted by Crippen LogP contribution is -2.27. The van der Waals surface area contributed by atoms with Crippen LogP contribution in [0.3, 0.4) is 0 Å². The Morgan fingerprint density at radius 1 is 1.06 bits per heavy atom. The summed E-state index contributed by atoms with van der Waals surface area (Å²) in [6.45, 7) is 6.84. The number of nitrogens with one attached hydrogen (secondary N) is 1. The van der Waals surface area contributed by atoms with Gasteiger partial charge in [0.1, 0.15) is 5.82 Å². The van der Waals surface area contributed by atoms with Crippen LogP contribution in [0.5, 0.6) is 0 Å². The molecule has 0 spiro atoms. The monoisotopic (exact) mass is 432 g/mol. The molecule has 1 unspecified atom stereocenters. The molecule has 1 atom stereocenters. The van der Waals surface area contributed by atoms with Gasteiger partial charge in [-0.2, -0.15) is 4.98 Å². The van der Waals surface area contributed by atoms with Crippen LogP contribution in [0.1, 0.15) is 61.0 Å². The largest absolute Gasteiger partial charge is 0.462 e. The topological polar surface area (TPSA) is 143 Å². The van der Waals surface area contributed by atoms with Crippen molar-refractivity contribution >= 4 is 17.7 Å². The van der Waals surface area contributed by atoms with Gasteiger partial charge in [0.05, 0.1) is 17.7 Å². The van der Waals surface area contributed by atoms with Crippen molar-refractivity contribution in [1.82, 2.24) is 9.97 Å². The minimum Gasteiger partial charge on any atom is -0.462 e. The fourth-order valence-corrected chi connectivity index (χ4v) is 3.44. The van der Waals surface area contributed by atoms with Gasteiger partial charge in [-0.25, -0.2) is 4.79 Å². The molecule has 9 nitrogen and oxygen atoms in total. The molecule has 2 aromatic rings. The van der Waals surface area contributed by atoms with E-state index in [1.165, 1.54) is 0 Å². The van der Waals surface area contributed by atoms with E-state index in [1.54, 1.807) is 19.1 Å². The summed E-state index contributed by atoms with van der Waals surface area (Å²) in [5.41, 5.74) is 13.2. The van der Waals surface area contributed by atoms with Crippen LogP contribution < -0.4 is 17.0 Å². The molecule has 9 heteroatoms. The van der Waals surface area contributed by atoms with Gasteiger partial charge >= 0.3 is 5.97 Å². The molecular weight excluding hydrogens is 400 g/mol. The third kappa shape index (κ3) is 7.08. The highest BCUT2D eigenvalue weighted by Crippen LogP contribution is 2.29. The number of anilines is 2. The Kier molecular flexibility index (Phi) is 9.48. The molecule has 0 saturated heterocycles. The Hall–Kier alpha value is -2.91. The molecular formula is C22H32N4O5. The molecule has 0 fully saturated rings. The summed E-state index contributed by atoms with van der Waals surface area (Å²) in [6, 6.07) is 7.22. The second-order valence-electron chi connectivity index (χ2n) is 6.98. The number of hydrogen-bond acceptors (Lipinski definition) is 8. The van der Waals surface area contributed by atoms with Gasteiger partial charge in [0, 0.05) is 19.6 Å². The summed E-state index contributed by atoms with van der Waals surface area (Å²) in [6.07, 6.45) is 1.24. The fourth-order valence-electron chi connectivity index (χ4n) is 3.44. The van der Waals surface area contributed by atoms with E-state index in [4.69, 9.17) is 25.7 Å². The summed E-state index contributed by atoms with van der Waals surface area (Å²) < 4.78 is 16.4. The average molecular weight is 433 g/mol. The first-order valence-electron chi connectivity index (χ1n) is 10.5. The van der Waals surface area contributed by atoms with Gasteiger partial charge in [-0.1, -0.05) is 12.1 Å². The van der Waals surface area contributed by atoms with E-state index in [0.717, 1.165) is 5.56 Å². The van der Waals surface area contributed by atoms with Crippen molar-refractivity contribution in [3.05, 3.63) is 51.3 Å². The maximum absolute atomic E-state index is 12.6. The summed E-state index contributed by atoms with van der Waals surface area (Å²) in [7, 11) is 0. The van der Waals surface area contributed by atoms with Gasteiger partial charge in [0.15, 0.2) is 6.29 Å². The standard InChI is InChI=1S/C22H32N4O5/c1-4-29-17(30-5-2)13-16(18-19(23)25-22(24)26-20(18)27)12-9-14-7-10-15(11-8-14)21(28)31-6-3/h7-8,10-11,16-17H,4-6,9,12-13H2,1-3H3,(H5,23,24,25,26,27). The van der Waals surface area contributed by atoms with Crippen LogP contribution in [-0.4, -0.2) is 42.0 Å². The minimum absolute atomic E-state index is 0.0225. The highest BCUT2D eigenvalue weighted by Gasteiger charge is 2.24. The fraction of sp³-hybridized carbons (Fsp3) is 0.500. The molecule has 5 N–H and O–H groups in total. The Labute approximate surface area is 182 Å². The van der Waals surface area contributed by atoms with Crippen LogP contribution >= 0.6 is 0 Å². The molecule has 2 rings (SSSR count). The van der Waals surface area contributed by atoms with Crippen LogP contribution in [0.25, 0.3) is 0 Å². The summed E-state index contributed by atoms with van der Waals surface area (Å²) >= 11 is 0. The van der Waals surface area contributed by atoms with Gasteiger partial charge in [-0.05, 0) is 57.2 Å². The Morgan fingerprint density at radius 2 is 1.71 bits per heavy atom. The van der Waals surface area contributed by atoms with E-state index in [1.807, 2.05) is 26.0 Å². The zero-order chi connectivity index (χ0) is 22.8. The van der Waals surface area contributed by atoms with Crippen molar-refractivity contribution in [1.29, 1.82) is 0 Å². The van der Waals surface area contributed by atoms with Crippen LogP contribution in [-0.2, 0) is 20.6 Å². The van der Waals surface area contributed by atoms with Gasteiger partial charge in [0.2, 0.25) is 5.95 Å². The minimum atomic E-state index is -0.470. The summed E-state index contributed by atoms with van der Waals surface area (Å²) in [5.74, 6) is -0.526. The van der Waals surface area contributed by atoms with Crippen LogP contribution in [0.15, 0.2) is 29.1 Å². The quantitative estimate of drug-likeness (QED) is 0.343. The van der Waals surface area contributed by atoms with Crippen molar-refractivity contribution in [2.45, 2.75) is 52.2 Å². The molecule has 0 bridgehead atoms. The van der Waals surface area contributed by atoms with Crippen LogP contribution in [0.2, 0.25) is 0 Å². The highest BCUT2D eigenvalue weighted by atomic mass is 16.7. The number of aromatic amines is 1. The number of rotatable bonds is 12. The zero-order valence-corrected chi connectivity index (χ0v) is 18.3. The number of carbonyl (C=O) groups excluding carboxylic acids is 1. The number of benzene rings is 1. The molecule has 1 heterocycles. The second kappa shape index (κ2) is 12.1. The molecule has 31 heavy (non-hydrogen) atoms. The molecule has 0 saturated carbocycles. The number of H-pyrrole nitrogens is 1. The molecule has 1 aromatic carbocycles. The van der Waals surface area contributed by atoms with Crippen molar-refractivity contribution in [3.8, 4) is 0 Å². The maximum atomic E-state index is 12.6. The Balaban J connectivity index is 2.23. The number of carbonyl (C=O) groups is 1. The van der Waals surface area contributed by atoms with E-state index in [9.17, 15) is 9.59 Å². The smallest absolute Gasteiger partial charge is 0.338 e. The summed E-state index contributed by atoms with van der Waals surface area (Å²) in [5, 5.41) is 0. The number of hydrogen-bond donors (Lipinski definition) is 3. The first-order chi connectivity index (χ1) is 14.9. The molecule has 1 aromatic heterocycles. The lowest BCUT2D eigenvalue weighted by Gasteiger charge is -2.24. The predicted molar refractivity (Wildman–Crippen MR) is 119 cm³/mol. The second-order valence-corrected chi connectivity index (χ2v) is 6.98. The number of esters is 1. The molecule has 0 aliphatic heterocycles. The van der Waals surface area contributed by atoms with Gasteiger partial charge in [0.25, 0.3) is 5.56 Å². The summed E-state index contributed by atoms with van der Waals surface area (Å²) in [4.78, 5) is 31.0. The maximum Gasteiger partial charge on any atom is 0.338 e. The van der Waals surface area contributed by atoms with E-state index in [2.05, 4.69) is 9.97 Å². The van der Waals surface area contributed by atoms with Gasteiger partial charge in [-0.15, -0.1) is 0 Å². The third-order valence-corrected chi connectivity index (χ3v) is 4.84. The SMILES string of the molecule is CCOC(=O)c1ccc(CCC(CC(OCC)OCC)c2c(N)nc(N)[nH]c2=O)cc1. The zero-order valence-electron chi connectivity index (χ0n) is 18.3. The Bertz CT molecular complexity index is 892. The first-order valence-corrected chi connectivity index (χ1v) is 10.5. The number of aromatic nitrogens is 2. The van der Waals surface area contributed by atoms with Crippen LogP contribution in [0.4, 0.5) is 11.8 Å². The highest BCUT2D eigenvalue weighted by molar-refractivity contribution is 5.89. The first kappa shape index (κ1) is 24.4. The van der Waals surface area contributed by atoms with Crippen molar-refractivity contribution in [3.63, 3.8) is 0 Å². The van der Waals surface area contributed by atoms with Crippen LogP contribution in [0, 0.1) is 0 Å². The lowest BCUT2D eigenvalue weighted by molar-refractivity contribution is -0.142. The van der Waals surface area contributed by atoms with E-state index < -0.39 is 6.29 Å². The number of aryl methyl sites for hydroxylation is 1. The van der Waals surface area contributed by atoms with E-state index >= 15 is 0 Å². The molecule has 170 valence electrons. The van der Waals surface area contributed by atoms with E-state index in [-0.39, 0.29) is 29.2 Å². The molecule has 0 radical (unpaired) electrons. The average Bonchev–Trinajstić information content (AvgIpc) is 2.72. The molecule has 0 aliphatic rings. The van der Waals surface area contributed by atoms with Crippen molar-refractivity contribution in [2.75, 3.05) is 31.3 Å². The van der Waals surface area contributed by atoms with Gasteiger partial charge in [-0.3, -0.25) is 9.78 Å². The van der Waals surface area contributed by atoms with Crippen molar-refractivity contribution < 1.29 is 19.0 Å². The number of nitrogens with zero attached hydrogens (tertiary/aromatic N) is 1. The number of nitrogen functional groups attached to an aromatic ring is 2. The third-order valence-electron chi connectivity index (χ3n) is 4.84. The number of nitrogens with two attached hydrogens (primary N) is 2. The lowest BCUT2D eigenvalue weighted by atomic mass is 9.90.